The first-order chi connectivity index (χ1) is 13.2. The number of benzene rings is 3. The van der Waals surface area contributed by atoms with E-state index in [0.29, 0.717) is 15.3 Å². The minimum atomic E-state index is -0.129. The monoisotopic (exact) mass is 369 g/mol. The quantitative estimate of drug-likeness (QED) is 0.475. The van der Waals surface area contributed by atoms with Gasteiger partial charge in [-0.25, -0.2) is 0 Å². The number of hydrogen-bond acceptors (Lipinski definition) is 4. The van der Waals surface area contributed by atoms with Gasteiger partial charge in [-0.1, -0.05) is 78.1 Å². The van der Waals surface area contributed by atoms with E-state index in [4.69, 9.17) is 0 Å². The van der Waals surface area contributed by atoms with Crippen LogP contribution < -0.4 is 10.1 Å². The molecule has 0 aliphatic rings. The summed E-state index contributed by atoms with van der Waals surface area (Å²) in [7, 11) is 0. The third-order valence-corrected chi connectivity index (χ3v) is 5.64. The van der Waals surface area contributed by atoms with Gasteiger partial charge in [0.25, 0.3) is 5.56 Å². The molecule has 5 rings (SSSR count). The topological polar surface area (TPSA) is 47.3 Å². The van der Waals surface area contributed by atoms with E-state index in [9.17, 15) is 4.79 Å². The summed E-state index contributed by atoms with van der Waals surface area (Å²) in [4.78, 5) is 18.0. The zero-order valence-corrected chi connectivity index (χ0v) is 15.4. The lowest BCUT2D eigenvalue weighted by atomic mass is 10.0. The molecule has 0 N–H and O–H groups in total. The van der Waals surface area contributed by atoms with Crippen molar-refractivity contribution >= 4 is 33.1 Å². The van der Waals surface area contributed by atoms with E-state index in [2.05, 4.69) is 28.3 Å². The second kappa shape index (κ2) is 6.14. The molecule has 0 aliphatic heterocycles. The number of thiazole rings is 1. The molecule has 0 amide bonds. The van der Waals surface area contributed by atoms with Gasteiger partial charge in [0.05, 0.1) is 4.53 Å². The molecule has 5 heteroatoms. The van der Waals surface area contributed by atoms with Crippen molar-refractivity contribution in [3.05, 3.63) is 92.7 Å². The molecule has 27 heavy (non-hydrogen) atoms. The maximum absolute atomic E-state index is 12.8. The van der Waals surface area contributed by atoms with Crippen LogP contribution in [0, 0.1) is 6.92 Å². The van der Waals surface area contributed by atoms with Crippen LogP contribution in [-0.4, -0.2) is 14.6 Å². The van der Waals surface area contributed by atoms with Crippen molar-refractivity contribution < 1.29 is 0 Å². The molecule has 0 saturated heterocycles. The van der Waals surface area contributed by atoms with Crippen molar-refractivity contribution in [3.8, 4) is 11.4 Å². The van der Waals surface area contributed by atoms with Crippen LogP contribution in [0.1, 0.15) is 11.1 Å². The number of rotatable bonds is 2. The Morgan fingerprint density at radius 2 is 1.74 bits per heavy atom. The molecule has 0 saturated carbocycles. The summed E-state index contributed by atoms with van der Waals surface area (Å²) < 4.78 is 2.04. The highest BCUT2D eigenvalue weighted by Crippen LogP contribution is 2.21. The molecule has 3 aromatic carbocycles. The van der Waals surface area contributed by atoms with Crippen LogP contribution in [0.5, 0.6) is 0 Å². The fourth-order valence-electron chi connectivity index (χ4n) is 3.29. The fourth-order valence-corrected chi connectivity index (χ4v) is 4.19. The average Bonchev–Trinajstić information content (AvgIpc) is 3.22. The van der Waals surface area contributed by atoms with Crippen molar-refractivity contribution in [2.24, 2.45) is 0 Å². The first kappa shape index (κ1) is 15.9. The molecular formula is C22H15N3OS. The highest BCUT2D eigenvalue weighted by Gasteiger charge is 2.13. The normalized spacial score (nSPS) is 12.3. The largest absolute Gasteiger partial charge is 0.291 e. The molecule has 0 radical (unpaired) electrons. The molecule has 4 nitrogen and oxygen atoms in total. The van der Waals surface area contributed by atoms with Crippen molar-refractivity contribution in [2.45, 2.75) is 6.92 Å². The van der Waals surface area contributed by atoms with Gasteiger partial charge in [0, 0.05) is 5.56 Å². The Morgan fingerprint density at radius 3 is 2.59 bits per heavy atom. The van der Waals surface area contributed by atoms with E-state index in [1.54, 1.807) is 0 Å². The Kier molecular flexibility index (Phi) is 3.62. The van der Waals surface area contributed by atoms with Crippen molar-refractivity contribution in [2.75, 3.05) is 0 Å². The highest BCUT2D eigenvalue weighted by molar-refractivity contribution is 7.15. The predicted molar refractivity (Wildman–Crippen MR) is 110 cm³/mol. The zero-order chi connectivity index (χ0) is 18.4. The van der Waals surface area contributed by atoms with Gasteiger partial charge < -0.3 is 0 Å². The first-order valence-electron chi connectivity index (χ1n) is 8.66. The highest BCUT2D eigenvalue weighted by atomic mass is 32.1. The zero-order valence-electron chi connectivity index (χ0n) is 14.6. The van der Waals surface area contributed by atoms with Crippen LogP contribution in [-0.2, 0) is 0 Å². The van der Waals surface area contributed by atoms with Crippen molar-refractivity contribution in [1.29, 1.82) is 0 Å². The lowest BCUT2D eigenvalue weighted by molar-refractivity contribution is 0.936. The number of nitrogens with zero attached hydrogens (tertiary/aromatic N) is 3. The fraction of sp³-hybridized carbons (Fsp3) is 0.0455. The van der Waals surface area contributed by atoms with E-state index in [-0.39, 0.29) is 5.56 Å². The SMILES string of the molecule is Cc1ccccc1-c1nc2s/c(=C\c3cccc4ccccc34)c(=O)n2n1. The maximum Gasteiger partial charge on any atom is 0.291 e. The molecule has 0 unspecified atom stereocenters. The summed E-state index contributed by atoms with van der Waals surface area (Å²) in [6.07, 6.45) is 1.93. The Hall–Kier alpha value is -3.31. The lowest BCUT2D eigenvalue weighted by Crippen LogP contribution is -2.23. The number of aryl methyl sites for hydroxylation is 1. The average molecular weight is 369 g/mol. The smallest absolute Gasteiger partial charge is 0.266 e. The molecule has 2 heterocycles. The first-order valence-corrected chi connectivity index (χ1v) is 9.47. The van der Waals surface area contributed by atoms with Gasteiger partial charge in [-0.15, -0.1) is 5.10 Å². The molecule has 0 atom stereocenters. The molecule has 0 bridgehead atoms. The summed E-state index contributed by atoms with van der Waals surface area (Å²) >= 11 is 1.37. The predicted octanol–water partition coefficient (Wildman–Crippen LogP) is 3.83. The minimum Gasteiger partial charge on any atom is -0.266 e. The molecule has 0 spiro atoms. The van der Waals surface area contributed by atoms with Crippen molar-refractivity contribution in [1.82, 2.24) is 14.6 Å². The van der Waals surface area contributed by atoms with Gasteiger partial charge in [-0.3, -0.25) is 4.79 Å². The Morgan fingerprint density at radius 1 is 0.963 bits per heavy atom. The van der Waals surface area contributed by atoms with E-state index < -0.39 is 0 Å². The molecule has 2 aromatic heterocycles. The third kappa shape index (κ3) is 2.64. The third-order valence-electron chi connectivity index (χ3n) is 4.68. The van der Waals surface area contributed by atoms with Gasteiger partial charge in [-0.2, -0.15) is 9.50 Å². The number of fused-ring (bicyclic) bond motifs is 2. The van der Waals surface area contributed by atoms with Crippen molar-refractivity contribution in [3.63, 3.8) is 0 Å². The van der Waals surface area contributed by atoms with E-state index >= 15 is 0 Å². The molecular weight excluding hydrogens is 354 g/mol. The van der Waals surface area contributed by atoms with Crippen LogP contribution >= 0.6 is 11.3 Å². The summed E-state index contributed by atoms with van der Waals surface area (Å²) in [6.45, 7) is 2.02. The summed E-state index contributed by atoms with van der Waals surface area (Å²) in [5.41, 5.74) is 2.93. The van der Waals surface area contributed by atoms with Crippen LogP contribution in [0.25, 0.3) is 33.2 Å². The summed E-state index contributed by atoms with van der Waals surface area (Å²) in [6, 6.07) is 22.2. The van der Waals surface area contributed by atoms with Crippen LogP contribution in [0.2, 0.25) is 0 Å². The van der Waals surface area contributed by atoms with E-state index in [1.807, 2.05) is 61.5 Å². The number of aromatic nitrogens is 3. The molecule has 0 fully saturated rings. The van der Waals surface area contributed by atoms with Gasteiger partial charge >= 0.3 is 0 Å². The standard InChI is InChI=1S/C22H15N3OS/c1-14-7-2-4-11-17(14)20-23-22-25(24-20)21(26)19(27-22)13-16-10-6-9-15-8-3-5-12-18(15)16/h2-13H,1H3/b19-13-. The summed E-state index contributed by atoms with van der Waals surface area (Å²) in [5.74, 6) is 0.591. The van der Waals surface area contributed by atoms with E-state index in [1.165, 1.54) is 15.9 Å². The van der Waals surface area contributed by atoms with E-state index in [0.717, 1.165) is 27.5 Å². The molecule has 0 aliphatic carbocycles. The Balaban J connectivity index is 1.68. The lowest BCUT2D eigenvalue weighted by Gasteiger charge is -2.00. The maximum atomic E-state index is 12.8. The van der Waals surface area contributed by atoms with Gasteiger partial charge in [-0.05, 0) is 34.9 Å². The summed E-state index contributed by atoms with van der Waals surface area (Å²) in [5, 5.41) is 6.73. The second-order valence-electron chi connectivity index (χ2n) is 6.43. The number of hydrogen-bond donors (Lipinski definition) is 0. The Bertz CT molecular complexity index is 1410. The van der Waals surface area contributed by atoms with Crippen LogP contribution in [0.3, 0.4) is 0 Å². The molecule has 5 aromatic rings. The Labute approximate surface area is 159 Å². The van der Waals surface area contributed by atoms with Gasteiger partial charge in [0.2, 0.25) is 4.96 Å². The van der Waals surface area contributed by atoms with Crippen LogP contribution in [0.4, 0.5) is 0 Å². The van der Waals surface area contributed by atoms with Gasteiger partial charge in [0.15, 0.2) is 5.82 Å². The molecule has 130 valence electrons. The van der Waals surface area contributed by atoms with Crippen LogP contribution in [0.15, 0.2) is 71.5 Å². The second-order valence-corrected chi connectivity index (χ2v) is 7.44. The minimum absolute atomic E-state index is 0.129. The van der Waals surface area contributed by atoms with Gasteiger partial charge in [0.1, 0.15) is 0 Å².